The third kappa shape index (κ3) is 3.89. The first-order chi connectivity index (χ1) is 9.35. The molecule has 1 aliphatic rings. The summed E-state index contributed by atoms with van der Waals surface area (Å²) in [6, 6.07) is 4.07. The summed E-state index contributed by atoms with van der Waals surface area (Å²) in [4.78, 5) is 6.77. The Kier molecular flexibility index (Phi) is 5.57. The molecule has 1 aliphatic heterocycles. The Labute approximate surface area is 114 Å². The van der Waals surface area contributed by atoms with Crippen molar-refractivity contribution in [1.82, 2.24) is 10.3 Å². The number of ether oxygens (including phenoxy) is 1. The van der Waals surface area contributed by atoms with Gasteiger partial charge in [-0.1, -0.05) is 6.07 Å². The first kappa shape index (κ1) is 14.2. The van der Waals surface area contributed by atoms with Gasteiger partial charge in [-0.3, -0.25) is 0 Å². The molecular weight excluding hydrogens is 242 g/mol. The third-order valence-electron chi connectivity index (χ3n) is 3.51. The molecule has 1 unspecified atom stereocenters. The molecule has 0 saturated carbocycles. The molecule has 5 heteroatoms. The third-order valence-corrected chi connectivity index (χ3v) is 3.51. The van der Waals surface area contributed by atoms with Crippen LogP contribution in [0.1, 0.15) is 12.0 Å². The van der Waals surface area contributed by atoms with Crippen molar-refractivity contribution in [2.24, 2.45) is 5.92 Å². The van der Waals surface area contributed by atoms with Gasteiger partial charge in [0, 0.05) is 57.6 Å². The van der Waals surface area contributed by atoms with E-state index in [-0.39, 0.29) is 6.61 Å². The van der Waals surface area contributed by atoms with Crippen LogP contribution in [0.15, 0.2) is 18.3 Å². The molecule has 19 heavy (non-hydrogen) atoms. The lowest BCUT2D eigenvalue weighted by Gasteiger charge is -2.20. The van der Waals surface area contributed by atoms with Crippen LogP contribution < -0.4 is 10.2 Å². The van der Waals surface area contributed by atoms with E-state index >= 15 is 0 Å². The maximum absolute atomic E-state index is 9.23. The summed E-state index contributed by atoms with van der Waals surface area (Å²) < 4.78 is 5.02. The van der Waals surface area contributed by atoms with Crippen LogP contribution in [0.2, 0.25) is 0 Å². The minimum atomic E-state index is 0.269. The number of aliphatic hydroxyl groups excluding tert-OH is 1. The van der Waals surface area contributed by atoms with Crippen molar-refractivity contribution >= 4 is 5.82 Å². The predicted molar refractivity (Wildman–Crippen MR) is 75.2 cm³/mol. The highest BCUT2D eigenvalue weighted by Gasteiger charge is 2.24. The van der Waals surface area contributed by atoms with Crippen LogP contribution in [0.3, 0.4) is 0 Å². The molecule has 0 aliphatic carbocycles. The number of hydrogen-bond donors (Lipinski definition) is 2. The largest absolute Gasteiger partial charge is 0.396 e. The van der Waals surface area contributed by atoms with Gasteiger partial charge in [0.15, 0.2) is 0 Å². The van der Waals surface area contributed by atoms with Crippen LogP contribution in [0.4, 0.5) is 5.82 Å². The highest BCUT2D eigenvalue weighted by atomic mass is 16.5. The molecule has 1 atom stereocenters. The second kappa shape index (κ2) is 7.43. The van der Waals surface area contributed by atoms with Crippen LogP contribution in [0, 0.1) is 5.92 Å². The topological polar surface area (TPSA) is 57.6 Å². The summed E-state index contributed by atoms with van der Waals surface area (Å²) in [6.45, 7) is 4.50. The zero-order valence-electron chi connectivity index (χ0n) is 11.5. The average Bonchev–Trinajstić information content (AvgIpc) is 2.93. The van der Waals surface area contributed by atoms with Crippen molar-refractivity contribution < 1.29 is 9.84 Å². The predicted octanol–water partition coefficient (Wildman–Crippen LogP) is 0.636. The highest BCUT2D eigenvalue weighted by molar-refractivity contribution is 5.47. The molecule has 0 radical (unpaired) electrons. The Morgan fingerprint density at radius 2 is 2.47 bits per heavy atom. The number of nitrogens with one attached hydrogen (secondary N) is 1. The highest BCUT2D eigenvalue weighted by Crippen LogP contribution is 2.24. The van der Waals surface area contributed by atoms with E-state index in [4.69, 9.17) is 4.74 Å². The van der Waals surface area contributed by atoms with E-state index < -0.39 is 0 Å². The first-order valence-corrected chi connectivity index (χ1v) is 6.84. The molecule has 1 aromatic heterocycles. The molecule has 5 nitrogen and oxygen atoms in total. The summed E-state index contributed by atoms with van der Waals surface area (Å²) >= 11 is 0. The molecular formula is C14H23N3O2. The van der Waals surface area contributed by atoms with E-state index in [9.17, 15) is 5.11 Å². The number of rotatable bonds is 7. The zero-order valence-corrected chi connectivity index (χ0v) is 11.5. The molecule has 0 spiro atoms. The van der Waals surface area contributed by atoms with Gasteiger partial charge in [0.1, 0.15) is 5.82 Å². The second-order valence-electron chi connectivity index (χ2n) is 4.94. The van der Waals surface area contributed by atoms with Crippen LogP contribution in [0.25, 0.3) is 0 Å². The molecule has 0 bridgehead atoms. The van der Waals surface area contributed by atoms with Crippen molar-refractivity contribution in [2.45, 2.75) is 13.0 Å². The van der Waals surface area contributed by atoms with E-state index in [1.165, 1.54) is 5.56 Å². The summed E-state index contributed by atoms with van der Waals surface area (Å²) in [5.74, 6) is 1.43. The number of methoxy groups -OCH3 is 1. The average molecular weight is 265 g/mol. The number of aromatic nitrogens is 1. The number of hydrogen-bond acceptors (Lipinski definition) is 5. The summed E-state index contributed by atoms with van der Waals surface area (Å²) in [6.07, 6.45) is 2.88. The van der Waals surface area contributed by atoms with Crippen molar-refractivity contribution in [3.63, 3.8) is 0 Å². The molecule has 1 fully saturated rings. The molecule has 2 heterocycles. The number of anilines is 1. The molecule has 2 rings (SSSR count). The maximum atomic E-state index is 9.23. The van der Waals surface area contributed by atoms with E-state index in [1.807, 2.05) is 12.3 Å². The smallest absolute Gasteiger partial charge is 0.133 e. The molecule has 0 aromatic carbocycles. The second-order valence-corrected chi connectivity index (χ2v) is 4.94. The van der Waals surface area contributed by atoms with Crippen molar-refractivity contribution in [3.8, 4) is 0 Å². The zero-order chi connectivity index (χ0) is 13.5. The SMILES string of the molecule is COCCNCc1cccnc1N1CCC(CO)C1. The lowest BCUT2D eigenvalue weighted by Crippen LogP contribution is -2.25. The Balaban J connectivity index is 1.96. The van der Waals surface area contributed by atoms with E-state index in [0.717, 1.165) is 38.4 Å². The normalized spacial score (nSPS) is 19.1. The fourth-order valence-electron chi connectivity index (χ4n) is 2.42. The van der Waals surface area contributed by atoms with Gasteiger partial charge in [-0.2, -0.15) is 0 Å². The van der Waals surface area contributed by atoms with Gasteiger partial charge in [0.05, 0.1) is 6.61 Å². The van der Waals surface area contributed by atoms with Crippen LogP contribution in [0.5, 0.6) is 0 Å². The number of nitrogens with zero attached hydrogens (tertiary/aromatic N) is 2. The van der Waals surface area contributed by atoms with Gasteiger partial charge in [-0.15, -0.1) is 0 Å². The van der Waals surface area contributed by atoms with E-state index in [0.29, 0.717) is 12.5 Å². The van der Waals surface area contributed by atoms with Gasteiger partial charge in [-0.25, -0.2) is 4.98 Å². The standard InChI is InChI=1S/C14H23N3O2/c1-19-8-6-15-9-13-3-2-5-16-14(13)17-7-4-12(10-17)11-18/h2-3,5,12,15,18H,4,6-11H2,1H3. The quantitative estimate of drug-likeness (QED) is 0.708. The van der Waals surface area contributed by atoms with Crippen molar-refractivity contribution in [2.75, 3.05) is 44.9 Å². The monoisotopic (exact) mass is 265 g/mol. The first-order valence-electron chi connectivity index (χ1n) is 6.84. The Morgan fingerprint density at radius 1 is 1.58 bits per heavy atom. The van der Waals surface area contributed by atoms with Gasteiger partial charge >= 0.3 is 0 Å². The Morgan fingerprint density at radius 3 is 3.21 bits per heavy atom. The molecule has 1 aromatic rings. The van der Waals surface area contributed by atoms with Crippen molar-refractivity contribution in [3.05, 3.63) is 23.9 Å². The summed E-state index contributed by atoms with van der Waals surface area (Å²) in [5.41, 5.74) is 1.21. The van der Waals surface area contributed by atoms with Gasteiger partial charge in [0.2, 0.25) is 0 Å². The van der Waals surface area contributed by atoms with Crippen molar-refractivity contribution in [1.29, 1.82) is 0 Å². The summed E-state index contributed by atoms with van der Waals surface area (Å²) in [7, 11) is 1.70. The maximum Gasteiger partial charge on any atom is 0.133 e. The molecule has 1 saturated heterocycles. The lowest BCUT2D eigenvalue weighted by atomic mass is 10.1. The van der Waals surface area contributed by atoms with Crippen LogP contribution in [-0.2, 0) is 11.3 Å². The van der Waals surface area contributed by atoms with Gasteiger partial charge < -0.3 is 20.1 Å². The number of pyridine rings is 1. The summed E-state index contributed by atoms with van der Waals surface area (Å²) in [5, 5.41) is 12.6. The van der Waals surface area contributed by atoms with Crippen LogP contribution >= 0.6 is 0 Å². The molecule has 0 amide bonds. The van der Waals surface area contributed by atoms with E-state index in [2.05, 4.69) is 21.3 Å². The molecule has 106 valence electrons. The fourth-order valence-corrected chi connectivity index (χ4v) is 2.42. The Hall–Kier alpha value is -1.17. The van der Waals surface area contributed by atoms with Gasteiger partial charge in [-0.05, 0) is 12.5 Å². The Bertz CT molecular complexity index is 387. The minimum Gasteiger partial charge on any atom is -0.396 e. The minimum absolute atomic E-state index is 0.269. The number of aliphatic hydroxyl groups is 1. The van der Waals surface area contributed by atoms with Crippen LogP contribution in [-0.4, -0.2) is 50.0 Å². The van der Waals surface area contributed by atoms with E-state index in [1.54, 1.807) is 7.11 Å². The van der Waals surface area contributed by atoms with Gasteiger partial charge in [0.25, 0.3) is 0 Å². The fraction of sp³-hybridized carbons (Fsp3) is 0.643. The lowest BCUT2D eigenvalue weighted by molar-refractivity contribution is 0.199. The molecule has 2 N–H and O–H groups in total.